The maximum atomic E-state index is 12.0. The highest BCUT2D eigenvalue weighted by molar-refractivity contribution is 6.74. The van der Waals surface area contributed by atoms with Crippen LogP contribution in [0.25, 0.3) is 0 Å². The molecule has 0 saturated heterocycles. The van der Waals surface area contributed by atoms with Gasteiger partial charge in [0, 0.05) is 13.2 Å². The van der Waals surface area contributed by atoms with Crippen molar-refractivity contribution in [2.75, 3.05) is 13.2 Å². The molecular formula is C25H55NO5Si2. The van der Waals surface area contributed by atoms with Crippen molar-refractivity contribution in [2.45, 2.75) is 142 Å². The first-order chi connectivity index (χ1) is 14.6. The molecule has 0 aromatic rings. The van der Waals surface area contributed by atoms with Crippen LogP contribution in [-0.4, -0.2) is 58.8 Å². The van der Waals surface area contributed by atoms with Gasteiger partial charge in [0.2, 0.25) is 0 Å². The number of ether oxygens (including phenoxy) is 1. The zero-order chi connectivity index (χ0) is 26.3. The summed E-state index contributed by atoms with van der Waals surface area (Å²) in [7, 11) is -4.07. The largest absolute Gasteiger partial charge is 0.444 e. The third kappa shape index (κ3) is 12.2. The van der Waals surface area contributed by atoms with E-state index in [9.17, 15) is 9.90 Å². The average Bonchev–Trinajstić information content (AvgIpc) is 2.57. The van der Waals surface area contributed by atoms with Gasteiger partial charge in [-0.05, 0) is 82.7 Å². The molecule has 0 aliphatic carbocycles. The lowest BCUT2D eigenvalue weighted by molar-refractivity contribution is 0.0202. The van der Waals surface area contributed by atoms with Crippen LogP contribution in [0.4, 0.5) is 4.79 Å². The maximum absolute atomic E-state index is 12.0. The highest BCUT2D eigenvalue weighted by Crippen LogP contribution is 2.41. The summed E-state index contributed by atoms with van der Waals surface area (Å²) in [6, 6.07) is 0. The van der Waals surface area contributed by atoms with Crippen molar-refractivity contribution >= 4 is 22.7 Å². The Balaban J connectivity index is 5.58. The average molecular weight is 506 g/mol. The lowest BCUT2D eigenvalue weighted by Gasteiger charge is -2.45. The molecular weight excluding hydrogens is 450 g/mol. The minimum atomic E-state index is -2.04. The summed E-state index contributed by atoms with van der Waals surface area (Å²) in [6.45, 7) is 28.8. The smallest absolute Gasteiger partial charge is 0.407 e. The fraction of sp³-hybridized carbons (Fsp3) is 0.960. The lowest BCUT2D eigenvalue weighted by Crippen LogP contribution is -2.52. The number of hydrogen-bond donors (Lipinski definition) is 2. The second-order valence-electron chi connectivity index (χ2n) is 13.3. The Kier molecular flexibility index (Phi) is 12.4. The van der Waals surface area contributed by atoms with Gasteiger partial charge < -0.3 is 24.0 Å². The number of hydrogen-bond acceptors (Lipinski definition) is 5. The zero-order valence-corrected chi connectivity index (χ0v) is 26.0. The Hall–Kier alpha value is -0.416. The molecule has 8 heteroatoms. The third-order valence-corrected chi connectivity index (χ3v) is 15.9. The van der Waals surface area contributed by atoms with Crippen molar-refractivity contribution in [2.24, 2.45) is 0 Å². The maximum Gasteiger partial charge on any atom is 0.407 e. The van der Waals surface area contributed by atoms with E-state index in [0.717, 1.165) is 19.3 Å². The van der Waals surface area contributed by atoms with Crippen molar-refractivity contribution in [3.05, 3.63) is 0 Å². The van der Waals surface area contributed by atoms with Crippen LogP contribution in [0.5, 0.6) is 0 Å². The van der Waals surface area contributed by atoms with Gasteiger partial charge >= 0.3 is 6.09 Å². The van der Waals surface area contributed by atoms with E-state index in [4.69, 9.17) is 13.6 Å². The summed E-state index contributed by atoms with van der Waals surface area (Å²) in [6.07, 6.45) is 2.47. The number of carbonyl (C=O) groups is 1. The summed E-state index contributed by atoms with van der Waals surface area (Å²) in [5, 5.41) is 12.6. The SMILES string of the molecule is CC(C)(C)OC(=O)NCCC[C@@H](O[Si](C)(C)C(C)(C)C)[C@@H](CCCO)O[Si](C)(C)C(C)(C)C. The van der Waals surface area contributed by atoms with Gasteiger partial charge in [-0.25, -0.2) is 4.79 Å². The molecule has 0 unspecified atom stereocenters. The summed E-state index contributed by atoms with van der Waals surface area (Å²) in [5.74, 6) is 0. The molecule has 2 atom stereocenters. The fourth-order valence-corrected chi connectivity index (χ4v) is 5.61. The van der Waals surface area contributed by atoms with E-state index in [0.29, 0.717) is 13.0 Å². The third-order valence-electron chi connectivity index (χ3n) is 6.90. The first-order valence-corrected chi connectivity index (χ1v) is 18.4. The number of alkyl carbamates (subject to hydrolysis) is 1. The molecule has 0 aliphatic heterocycles. The quantitative estimate of drug-likeness (QED) is 0.224. The van der Waals surface area contributed by atoms with Crippen LogP contribution in [0.2, 0.25) is 36.3 Å². The van der Waals surface area contributed by atoms with Gasteiger partial charge in [0.25, 0.3) is 0 Å². The van der Waals surface area contributed by atoms with Crippen molar-refractivity contribution in [3.8, 4) is 0 Å². The van der Waals surface area contributed by atoms with Gasteiger partial charge in [-0.3, -0.25) is 0 Å². The Morgan fingerprint density at radius 2 is 1.18 bits per heavy atom. The van der Waals surface area contributed by atoms with Gasteiger partial charge in [0.15, 0.2) is 16.6 Å². The summed E-state index contributed by atoms with van der Waals surface area (Å²) >= 11 is 0. The van der Waals surface area contributed by atoms with E-state index < -0.39 is 28.3 Å². The number of nitrogens with one attached hydrogen (secondary N) is 1. The number of amides is 1. The first kappa shape index (κ1) is 32.6. The van der Waals surface area contributed by atoms with E-state index in [2.05, 4.69) is 73.0 Å². The molecule has 0 saturated carbocycles. The second-order valence-corrected chi connectivity index (χ2v) is 22.8. The van der Waals surface area contributed by atoms with Crippen LogP contribution >= 0.6 is 0 Å². The monoisotopic (exact) mass is 505 g/mol. The molecule has 0 radical (unpaired) electrons. The van der Waals surface area contributed by atoms with Gasteiger partial charge in [-0.15, -0.1) is 0 Å². The van der Waals surface area contributed by atoms with Crippen LogP contribution in [0.15, 0.2) is 0 Å². The normalized spacial score (nSPS) is 15.8. The van der Waals surface area contributed by atoms with Gasteiger partial charge in [0.1, 0.15) is 5.60 Å². The Morgan fingerprint density at radius 1 is 0.788 bits per heavy atom. The highest BCUT2D eigenvalue weighted by Gasteiger charge is 2.44. The number of rotatable bonds is 12. The molecule has 0 fully saturated rings. The van der Waals surface area contributed by atoms with E-state index in [1.54, 1.807) is 0 Å². The molecule has 0 heterocycles. The Labute approximate surface area is 206 Å². The Bertz CT molecular complexity index is 589. The predicted octanol–water partition coefficient (Wildman–Crippen LogP) is 6.84. The minimum Gasteiger partial charge on any atom is -0.444 e. The molecule has 0 aromatic heterocycles. The molecule has 0 rings (SSSR count). The van der Waals surface area contributed by atoms with E-state index in [-0.39, 0.29) is 28.9 Å². The molecule has 198 valence electrons. The van der Waals surface area contributed by atoms with Crippen LogP contribution in [0.1, 0.15) is 88.0 Å². The van der Waals surface area contributed by atoms with E-state index in [1.807, 2.05) is 20.8 Å². The van der Waals surface area contributed by atoms with Gasteiger partial charge in [-0.1, -0.05) is 41.5 Å². The standard InChI is InChI=1S/C25H55NO5Si2/c1-23(2,3)29-22(28)26-18-14-16-20(30-32(10,11)24(4,5)6)21(17-15-19-27)31-33(12,13)25(7,8)9/h20-21,27H,14-19H2,1-13H3,(H,26,28)/t20-,21-/m1/s1. The number of aliphatic hydroxyl groups is 1. The van der Waals surface area contributed by atoms with Crippen LogP contribution in [0, 0.1) is 0 Å². The summed E-state index contributed by atoms with van der Waals surface area (Å²) in [5.41, 5.74) is -0.509. The van der Waals surface area contributed by atoms with E-state index >= 15 is 0 Å². The van der Waals surface area contributed by atoms with Crippen molar-refractivity contribution in [1.29, 1.82) is 0 Å². The number of aliphatic hydroxyl groups excluding tert-OH is 1. The predicted molar refractivity (Wildman–Crippen MR) is 144 cm³/mol. The summed E-state index contributed by atoms with van der Waals surface area (Å²) in [4.78, 5) is 12.0. The topological polar surface area (TPSA) is 77.0 Å². The van der Waals surface area contributed by atoms with Crippen molar-refractivity contribution in [1.82, 2.24) is 5.32 Å². The second kappa shape index (κ2) is 12.5. The molecule has 0 aromatic carbocycles. The van der Waals surface area contributed by atoms with Gasteiger partial charge in [0.05, 0.1) is 12.2 Å². The molecule has 1 amide bonds. The Morgan fingerprint density at radius 3 is 1.52 bits per heavy atom. The van der Waals surface area contributed by atoms with Crippen LogP contribution in [0.3, 0.4) is 0 Å². The number of carbonyl (C=O) groups excluding carboxylic acids is 1. The lowest BCUT2D eigenvalue weighted by atomic mass is 10.0. The van der Waals surface area contributed by atoms with Gasteiger partial charge in [-0.2, -0.15) is 0 Å². The molecule has 0 aliphatic rings. The molecule has 0 bridgehead atoms. The molecule has 0 spiro atoms. The fourth-order valence-electron chi connectivity index (χ4n) is 2.85. The summed E-state index contributed by atoms with van der Waals surface area (Å²) < 4.78 is 19.2. The zero-order valence-electron chi connectivity index (χ0n) is 24.0. The minimum absolute atomic E-state index is 0.0753. The van der Waals surface area contributed by atoms with Crippen molar-refractivity contribution in [3.63, 3.8) is 0 Å². The van der Waals surface area contributed by atoms with Crippen LogP contribution < -0.4 is 5.32 Å². The van der Waals surface area contributed by atoms with E-state index in [1.165, 1.54) is 0 Å². The molecule has 33 heavy (non-hydrogen) atoms. The molecule has 2 N–H and O–H groups in total. The van der Waals surface area contributed by atoms with Crippen molar-refractivity contribution < 1.29 is 23.5 Å². The van der Waals surface area contributed by atoms with Crippen LogP contribution in [-0.2, 0) is 13.6 Å². The first-order valence-electron chi connectivity index (χ1n) is 12.6. The highest BCUT2D eigenvalue weighted by atomic mass is 28.4. The molecule has 6 nitrogen and oxygen atoms in total.